The topological polar surface area (TPSA) is 12.0 Å². The average Bonchev–Trinajstić information content (AvgIpc) is 2.75. The van der Waals surface area contributed by atoms with E-state index in [0.29, 0.717) is 17.9 Å². The highest BCUT2D eigenvalue weighted by atomic mass is 19.2. The maximum atomic E-state index is 13.7. The lowest BCUT2D eigenvalue weighted by Gasteiger charge is -2.34. The molecule has 1 aromatic rings. The first-order valence-corrected chi connectivity index (χ1v) is 6.23. The van der Waals surface area contributed by atoms with Gasteiger partial charge in [0.1, 0.15) is 0 Å². The Bertz CT molecular complexity index is 395. The van der Waals surface area contributed by atoms with Crippen LogP contribution >= 0.6 is 0 Å². The number of hydrogen-bond acceptors (Lipinski definition) is 1. The van der Waals surface area contributed by atoms with Crippen molar-refractivity contribution in [2.45, 2.75) is 38.6 Å². The fourth-order valence-corrected chi connectivity index (χ4v) is 2.70. The number of rotatable bonds is 3. The van der Waals surface area contributed by atoms with E-state index in [9.17, 15) is 8.78 Å². The van der Waals surface area contributed by atoms with Gasteiger partial charge in [-0.25, -0.2) is 8.78 Å². The number of hydrogen-bond donors (Lipinski definition) is 1. The van der Waals surface area contributed by atoms with Crippen molar-refractivity contribution < 1.29 is 8.78 Å². The lowest BCUT2D eigenvalue weighted by Crippen LogP contribution is -2.46. The molecule has 1 saturated heterocycles. The Morgan fingerprint density at radius 1 is 1.35 bits per heavy atom. The third-order valence-electron chi connectivity index (χ3n) is 3.92. The summed E-state index contributed by atoms with van der Waals surface area (Å²) in [5.74, 6) is -1.03. The molecule has 0 aromatic heterocycles. The number of benzene rings is 1. The normalized spacial score (nSPS) is 24.5. The van der Waals surface area contributed by atoms with Gasteiger partial charge in [-0.2, -0.15) is 0 Å². The summed E-state index contributed by atoms with van der Waals surface area (Å²) in [6, 6.07) is 4.43. The Hall–Kier alpha value is -0.960. The molecule has 1 unspecified atom stereocenters. The molecule has 0 amide bonds. The molecule has 1 atom stereocenters. The van der Waals surface area contributed by atoms with Gasteiger partial charge in [-0.15, -0.1) is 0 Å². The predicted molar refractivity (Wildman–Crippen MR) is 64.9 cm³/mol. The Kier molecular flexibility index (Phi) is 3.48. The molecular formula is C14H19F2N. The van der Waals surface area contributed by atoms with Crippen molar-refractivity contribution in [2.24, 2.45) is 5.92 Å². The molecule has 1 heterocycles. The second-order valence-corrected chi connectivity index (χ2v) is 5.23. The highest BCUT2D eigenvalue weighted by molar-refractivity contribution is 5.22. The Morgan fingerprint density at radius 3 is 2.71 bits per heavy atom. The van der Waals surface area contributed by atoms with Crippen LogP contribution in [0.4, 0.5) is 8.78 Å². The molecule has 0 saturated carbocycles. The van der Waals surface area contributed by atoms with Crippen LogP contribution in [0.1, 0.15) is 32.3 Å². The van der Waals surface area contributed by atoms with E-state index in [4.69, 9.17) is 0 Å². The van der Waals surface area contributed by atoms with Gasteiger partial charge >= 0.3 is 0 Å². The first-order chi connectivity index (χ1) is 8.05. The molecule has 0 radical (unpaired) electrons. The van der Waals surface area contributed by atoms with Gasteiger partial charge in [0.05, 0.1) is 0 Å². The largest absolute Gasteiger partial charge is 0.311 e. The molecular weight excluding hydrogens is 220 g/mol. The van der Waals surface area contributed by atoms with Crippen molar-refractivity contribution in [2.75, 3.05) is 6.54 Å². The van der Waals surface area contributed by atoms with Crippen LogP contribution in [0, 0.1) is 17.6 Å². The van der Waals surface area contributed by atoms with Crippen LogP contribution < -0.4 is 5.32 Å². The molecule has 1 aliphatic rings. The maximum absolute atomic E-state index is 13.7. The molecule has 0 bridgehead atoms. The van der Waals surface area contributed by atoms with Crippen molar-refractivity contribution in [1.82, 2.24) is 5.32 Å². The summed E-state index contributed by atoms with van der Waals surface area (Å²) in [5, 5.41) is 3.48. The summed E-state index contributed by atoms with van der Waals surface area (Å²) in [7, 11) is 0. The molecule has 2 rings (SSSR count). The lowest BCUT2D eigenvalue weighted by molar-refractivity contribution is 0.265. The van der Waals surface area contributed by atoms with Gasteiger partial charge in [-0.05, 0) is 43.4 Å². The zero-order chi connectivity index (χ0) is 12.5. The van der Waals surface area contributed by atoms with E-state index in [0.717, 1.165) is 19.4 Å². The van der Waals surface area contributed by atoms with E-state index < -0.39 is 11.6 Å². The third kappa shape index (κ3) is 2.34. The molecule has 94 valence electrons. The summed E-state index contributed by atoms with van der Waals surface area (Å²) < 4.78 is 26.9. The third-order valence-corrected chi connectivity index (χ3v) is 3.92. The molecule has 17 heavy (non-hydrogen) atoms. The molecule has 1 N–H and O–H groups in total. The summed E-state index contributed by atoms with van der Waals surface area (Å²) in [5.41, 5.74) is 0.405. The van der Waals surface area contributed by atoms with E-state index in [1.807, 2.05) is 0 Å². The monoisotopic (exact) mass is 239 g/mol. The molecule has 1 aromatic carbocycles. The smallest absolute Gasteiger partial charge is 0.162 e. The minimum absolute atomic E-state index is 0.0748. The Labute approximate surface area is 101 Å². The van der Waals surface area contributed by atoms with Crippen molar-refractivity contribution in [3.05, 3.63) is 35.4 Å². The molecule has 1 fully saturated rings. The van der Waals surface area contributed by atoms with E-state index in [1.54, 1.807) is 12.1 Å². The molecule has 0 aliphatic carbocycles. The van der Waals surface area contributed by atoms with Crippen molar-refractivity contribution >= 4 is 0 Å². The SMILES string of the molecule is CC(C)C1(Cc2cccc(F)c2F)CCCN1. The minimum atomic E-state index is -0.751. The second-order valence-electron chi connectivity index (χ2n) is 5.23. The van der Waals surface area contributed by atoms with E-state index in [-0.39, 0.29) is 5.54 Å². The van der Waals surface area contributed by atoms with Crippen LogP contribution in [0.25, 0.3) is 0 Å². The lowest BCUT2D eigenvalue weighted by atomic mass is 9.79. The van der Waals surface area contributed by atoms with Crippen LogP contribution in [0.3, 0.4) is 0 Å². The van der Waals surface area contributed by atoms with E-state index >= 15 is 0 Å². The highest BCUT2D eigenvalue weighted by Gasteiger charge is 2.37. The van der Waals surface area contributed by atoms with Crippen LogP contribution in [-0.4, -0.2) is 12.1 Å². The van der Waals surface area contributed by atoms with Gasteiger partial charge in [0.15, 0.2) is 11.6 Å². The van der Waals surface area contributed by atoms with Gasteiger partial charge < -0.3 is 5.32 Å². The predicted octanol–water partition coefficient (Wildman–Crippen LogP) is 3.29. The van der Waals surface area contributed by atoms with Crippen LogP contribution in [0.15, 0.2) is 18.2 Å². The van der Waals surface area contributed by atoms with Crippen molar-refractivity contribution in [3.63, 3.8) is 0 Å². The maximum Gasteiger partial charge on any atom is 0.162 e. The van der Waals surface area contributed by atoms with Crippen LogP contribution in [0.2, 0.25) is 0 Å². The first-order valence-electron chi connectivity index (χ1n) is 6.23. The first kappa shape index (κ1) is 12.5. The van der Waals surface area contributed by atoms with Gasteiger partial charge in [0, 0.05) is 5.54 Å². The molecule has 1 aliphatic heterocycles. The number of halogens is 2. The average molecular weight is 239 g/mol. The Balaban J connectivity index is 2.27. The summed E-state index contributed by atoms with van der Waals surface area (Å²) in [6.45, 7) is 5.24. The summed E-state index contributed by atoms with van der Waals surface area (Å²) in [4.78, 5) is 0. The van der Waals surface area contributed by atoms with E-state index in [2.05, 4.69) is 19.2 Å². The Morgan fingerprint density at radius 2 is 2.12 bits per heavy atom. The fraction of sp³-hybridized carbons (Fsp3) is 0.571. The number of nitrogens with one attached hydrogen (secondary N) is 1. The van der Waals surface area contributed by atoms with Gasteiger partial charge in [-0.1, -0.05) is 26.0 Å². The van der Waals surface area contributed by atoms with Crippen LogP contribution in [0.5, 0.6) is 0 Å². The minimum Gasteiger partial charge on any atom is -0.311 e. The van der Waals surface area contributed by atoms with Crippen molar-refractivity contribution in [1.29, 1.82) is 0 Å². The zero-order valence-electron chi connectivity index (χ0n) is 10.4. The zero-order valence-corrected chi connectivity index (χ0v) is 10.4. The highest BCUT2D eigenvalue weighted by Crippen LogP contribution is 2.32. The quantitative estimate of drug-likeness (QED) is 0.853. The fourth-order valence-electron chi connectivity index (χ4n) is 2.70. The van der Waals surface area contributed by atoms with Gasteiger partial charge in [0.2, 0.25) is 0 Å². The second kappa shape index (κ2) is 4.73. The van der Waals surface area contributed by atoms with E-state index in [1.165, 1.54) is 6.07 Å². The molecule has 1 nitrogen and oxygen atoms in total. The van der Waals surface area contributed by atoms with Crippen LogP contribution in [-0.2, 0) is 6.42 Å². The summed E-state index contributed by atoms with van der Waals surface area (Å²) >= 11 is 0. The molecule has 0 spiro atoms. The summed E-state index contributed by atoms with van der Waals surface area (Å²) in [6.07, 6.45) is 2.70. The van der Waals surface area contributed by atoms with Gasteiger partial charge in [0.25, 0.3) is 0 Å². The standard InChI is InChI=1S/C14H19F2N/c1-10(2)14(7-4-8-17-14)9-11-5-3-6-12(15)13(11)16/h3,5-6,10,17H,4,7-9H2,1-2H3. The molecule has 3 heteroatoms. The van der Waals surface area contributed by atoms with Crippen molar-refractivity contribution in [3.8, 4) is 0 Å². The van der Waals surface area contributed by atoms with Gasteiger partial charge in [-0.3, -0.25) is 0 Å².